The number of pyridine rings is 1. The van der Waals surface area contributed by atoms with Gasteiger partial charge in [0.05, 0.1) is 39.6 Å². The molecule has 0 saturated carbocycles. The zero-order valence-corrected chi connectivity index (χ0v) is 22.9. The Hall–Kier alpha value is -3.62. The predicted molar refractivity (Wildman–Crippen MR) is 150 cm³/mol. The number of hydrogen-bond donors (Lipinski definition) is 1. The molecule has 0 unspecified atom stereocenters. The van der Waals surface area contributed by atoms with Crippen LogP contribution in [-0.2, 0) is 18.2 Å². The molecular formula is C31H34FN5O2. The lowest BCUT2D eigenvalue weighted by Gasteiger charge is -2.33. The summed E-state index contributed by atoms with van der Waals surface area (Å²) in [7, 11) is 1.89. The lowest BCUT2D eigenvalue weighted by Crippen LogP contribution is -2.27. The van der Waals surface area contributed by atoms with Gasteiger partial charge in [-0.1, -0.05) is 29.5 Å². The third-order valence-electron chi connectivity index (χ3n) is 7.81. The van der Waals surface area contributed by atoms with Crippen molar-refractivity contribution in [1.29, 1.82) is 0 Å². The van der Waals surface area contributed by atoms with Crippen LogP contribution >= 0.6 is 0 Å². The van der Waals surface area contributed by atoms with Crippen LogP contribution < -0.4 is 0 Å². The van der Waals surface area contributed by atoms with E-state index in [1.54, 1.807) is 16.8 Å². The number of rotatable bonds is 6. The zero-order valence-electron chi connectivity index (χ0n) is 22.9. The lowest BCUT2D eigenvalue weighted by molar-refractivity contribution is 0.0552. The molecule has 2 aromatic carbocycles. The van der Waals surface area contributed by atoms with Crippen LogP contribution in [0.25, 0.3) is 33.2 Å². The molecule has 4 heterocycles. The Labute approximate surface area is 227 Å². The first kappa shape index (κ1) is 25.6. The van der Waals surface area contributed by atoms with Crippen molar-refractivity contribution in [3.05, 3.63) is 77.4 Å². The van der Waals surface area contributed by atoms with Crippen LogP contribution in [0.15, 0.2) is 54.7 Å². The van der Waals surface area contributed by atoms with E-state index in [0.717, 1.165) is 62.9 Å². The molecule has 0 amide bonds. The van der Waals surface area contributed by atoms with Crippen molar-refractivity contribution in [2.75, 3.05) is 13.2 Å². The van der Waals surface area contributed by atoms with Crippen LogP contribution in [0.1, 0.15) is 49.6 Å². The van der Waals surface area contributed by atoms with Crippen molar-refractivity contribution in [2.45, 2.75) is 51.7 Å². The Morgan fingerprint density at radius 1 is 1.08 bits per heavy atom. The molecule has 1 saturated heterocycles. The molecule has 3 aromatic heterocycles. The van der Waals surface area contributed by atoms with Gasteiger partial charge in [-0.2, -0.15) is 0 Å². The Bertz CT molecular complexity index is 1620. The Balaban J connectivity index is 1.66. The van der Waals surface area contributed by atoms with Crippen molar-refractivity contribution < 1.29 is 14.2 Å². The van der Waals surface area contributed by atoms with Gasteiger partial charge in [-0.25, -0.2) is 9.07 Å². The molecule has 202 valence electrons. The molecule has 5 aromatic rings. The molecule has 1 fully saturated rings. The van der Waals surface area contributed by atoms with Gasteiger partial charge in [-0.3, -0.25) is 4.98 Å². The number of aliphatic hydroxyl groups is 1. The van der Waals surface area contributed by atoms with Gasteiger partial charge < -0.3 is 14.4 Å². The van der Waals surface area contributed by atoms with Gasteiger partial charge in [0.25, 0.3) is 0 Å². The summed E-state index contributed by atoms with van der Waals surface area (Å²) in [5, 5.41) is 20.1. The van der Waals surface area contributed by atoms with E-state index in [1.165, 1.54) is 0 Å². The zero-order chi connectivity index (χ0) is 27.3. The summed E-state index contributed by atoms with van der Waals surface area (Å²) in [5.74, 6) is 0.0482. The smallest absolute Gasteiger partial charge is 0.123 e. The van der Waals surface area contributed by atoms with Gasteiger partial charge in [0.15, 0.2) is 0 Å². The summed E-state index contributed by atoms with van der Waals surface area (Å²) >= 11 is 0. The molecule has 8 heteroatoms. The normalized spacial score (nSPS) is 15.8. The number of hydrogen-bond acceptors (Lipinski definition) is 5. The van der Waals surface area contributed by atoms with Crippen LogP contribution in [0, 0.1) is 18.7 Å². The molecule has 0 spiro atoms. The fourth-order valence-electron chi connectivity index (χ4n) is 6.17. The fraction of sp³-hybridized carbons (Fsp3) is 0.387. The van der Waals surface area contributed by atoms with Crippen LogP contribution in [0.4, 0.5) is 4.39 Å². The van der Waals surface area contributed by atoms with E-state index < -0.39 is 5.60 Å². The van der Waals surface area contributed by atoms with E-state index in [1.807, 2.05) is 46.1 Å². The molecule has 7 nitrogen and oxygen atoms in total. The molecule has 1 aliphatic rings. The molecular weight excluding hydrogens is 493 g/mol. The predicted octanol–water partition coefficient (Wildman–Crippen LogP) is 5.76. The van der Waals surface area contributed by atoms with E-state index in [-0.39, 0.29) is 11.9 Å². The summed E-state index contributed by atoms with van der Waals surface area (Å²) in [5.41, 5.74) is 6.95. The van der Waals surface area contributed by atoms with E-state index in [2.05, 4.69) is 39.1 Å². The van der Waals surface area contributed by atoms with Crippen LogP contribution in [0.3, 0.4) is 0 Å². The number of benzene rings is 2. The van der Waals surface area contributed by atoms with Gasteiger partial charge in [0.1, 0.15) is 5.82 Å². The minimum atomic E-state index is -0.836. The van der Waals surface area contributed by atoms with Gasteiger partial charge in [0, 0.05) is 43.8 Å². The second-order valence-electron chi connectivity index (χ2n) is 11.4. The highest BCUT2D eigenvalue weighted by Crippen LogP contribution is 2.41. The Morgan fingerprint density at radius 3 is 2.49 bits per heavy atom. The molecule has 1 atom stereocenters. The third kappa shape index (κ3) is 4.83. The first-order valence-electron chi connectivity index (χ1n) is 13.5. The molecule has 6 rings (SSSR count). The number of halogens is 1. The van der Waals surface area contributed by atoms with Gasteiger partial charge in [-0.15, -0.1) is 5.10 Å². The summed E-state index contributed by atoms with van der Waals surface area (Å²) < 4.78 is 24.0. The fourth-order valence-corrected chi connectivity index (χ4v) is 6.17. The third-order valence-corrected chi connectivity index (χ3v) is 7.81. The molecule has 39 heavy (non-hydrogen) atoms. The highest BCUT2D eigenvalue weighted by molar-refractivity contribution is 6.07. The maximum Gasteiger partial charge on any atom is 0.123 e. The number of ether oxygens (including phenoxy) is 1. The second-order valence-corrected chi connectivity index (χ2v) is 11.4. The van der Waals surface area contributed by atoms with E-state index >= 15 is 0 Å². The number of aryl methyl sites for hydroxylation is 2. The second kappa shape index (κ2) is 9.84. The maximum atomic E-state index is 14.1. The first-order chi connectivity index (χ1) is 18.7. The van der Waals surface area contributed by atoms with Gasteiger partial charge in [-0.05, 0) is 74.9 Å². The largest absolute Gasteiger partial charge is 0.390 e. The number of aromatic nitrogens is 5. The van der Waals surface area contributed by atoms with Crippen molar-refractivity contribution in [2.24, 2.45) is 13.0 Å². The highest BCUT2D eigenvalue weighted by Gasteiger charge is 2.31. The summed E-state index contributed by atoms with van der Waals surface area (Å²) in [4.78, 5) is 4.98. The molecule has 1 N–H and O–H groups in total. The summed E-state index contributed by atoms with van der Waals surface area (Å²) in [6, 6.07) is 15.4. The van der Waals surface area contributed by atoms with Crippen molar-refractivity contribution in [1.82, 2.24) is 24.5 Å². The standard InChI is InChI=1S/C31H34FN5O2/c1-19-29(36(4)35-34-19)23-16-27-28(33-18-23)25-10-5-20(17-31(2,3)38)15-26(25)37(27)30(22-11-13-39-14-12-22)21-6-8-24(32)9-7-21/h5-10,15-16,18,22,30,38H,11-14,17H2,1-4H3/t30-/m1/s1. The molecule has 0 bridgehead atoms. The summed E-state index contributed by atoms with van der Waals surface area (Å²) in [6.07, 6.45) is 4.24. The van der Waals surface area contributed by atoms with Crippen LogP contribution in [0.5, 0.6) is 0 Å². The molecule has 0 aliphatic carbocycles. The minimum absolute atomic E-state index is 0.0466. The van der Waals surface area contributed by atoms with Crippen molar-refractivity contribution >= 4 is 21.9 Å². The average molecular weight is 528 g/mol. The maximum absolute atomic E-state index is 14.1. The quantitative estimate of drug-likeness (QED) is 0.304. The summed E-state index contributed by atoms with van der Waals surface area (Å²) in [6.45, 7) is 7.01. The van der Waals surface area contributed by atoms with Crippen molar-refractivity contribution in [3.63, 3.8) is 0 Å². The topological polar surface area (TPSA) is 78.0 Å². The van der Waals surface area contributed by atoms with Crippen molar-refractivity contribution in [3.8, 4) is 11.3 Å². The highest BCUT2D eigenvalue weighted by atomic mass is 19.1. The SMILES string of the molecule is Cc1nnn(C)c1-c1cnc2c3ccc(CC(C)(C)O)cc3n([C@H](c3ccc(F)cc3)C3CCOCC3)c2c1. The van der Waals surface area contributed by atoms with E-state index in [0.29, 0.717) is 25.6 Å². The number of nitrogens with zero attached hydrogens (tertiary/aromatic N) is 5. The van der Waals surface area contributed by atoms with Gasteiger partial charge in [0.2, 0.25) is 0 Å². The minimum Gasteiger partial charge on any atom is -0.390 e. The Kier molecular flexibility index (Phi) is 6.47. The van der Waals surface area contributed by atoms with E-state index in [9.17, 15) is 9.50 Å². The van der Waals surface area contributed by atoms with E-state index in [4.69, 9.17) is 9.72 Å². The average Bonchev–Trinajstić information content (AvgIpc) is 3.40. The molecule has 1 aliphatic heterocycles. The number of fused-ring (bicyclic) bond motifs is 3. The van der Waals surface area contributed by atoms with Crippen LogP contribution in [-0.4, -0.2) is 48.5 Å². The van der Waals surface area contributed by atoms with Gasteiger partial charge >= 0.3 is 0 Å². The monoisotopic (exact) mass is 527 g/mol. The van der Waals surface area contributed by atoms with Crippen LogP contribution in [0.2, 0.25) is 0 Å². The lowest BCUT2D eigenvalue weighted by atomic mass is 9.86. The Morgan fingerprint density at radius 2 is 1.82 bits per heavy atom. The molecule has 0 radical (unpaired) electrons. The first-order valence-corrected chi connectivity index (χ1v) is 13.5.